The minimum atomic E-state index is -0.782. The van der Waals surface area contributed by atoms with Gasteiger partial charge in [0.25, 0.3) is 0 Å². The van der Waals surface area contributed by atoms with Crippen molar-refractivity contribution in [2.24, 2.45) is 0 Å². The summed E-state index contributed by atoms with van der Waals surface area (Å²) >= 11 is 1.41. The van der Waals surface area contributed by atoms with Gasteiger partial charge in [0.2, 0.25) is 5.91 Å². The average molecular weight is 345 g/mol. The van der Waals surface area contributed by atoms with E-state index in [2.05, 4.69) is 5.32 Å². The van der Waals surface area contributed by atoms with Crippen LogP contribution in [-0.2, 0) is 11.2 Å². The molecule has 1 atom stereocenters. The number of carbonyl (C=O) groups is 1. The molecule has 0 spiro atoms. The Kier molecular flexibility index (Phi) is 5.08. The Morgan fingerprint density at radius 2 is 2.08 bits per heavy atom. The number of aliphatic hydroxyl groups excluding tert-OH is 1. The van der Waals surface area contributed by atoms with Gasteiger partial charge in [0.05, 0.1) is 12.7 Å². The Morgan fingerprint density at radius 3 is 2.79 bits per heavy atom. The fourth-order valence-corrected chi connectivity index (χ4v) is 3.14. The second-order valence-electron chi connectivity index (χ2n) is 5.34. The van der Waals surface area contributed by atoms with Crippen molar-refractivity contribution in [1.82, 2.24) is 5.32 Å². The fraction of sp³-hybridized carbons (Fsp3) is 0.167. The first-order chi connectivity index (χ1) is 11.6. The van der Waals surface area contributed by atoms with Gasteiger partial charge in [0, 0.05) is 22.4 Å². The fourth-order valence-electron chi connectivity index (χ4n) is 2.26. The number of rotatable bonds is 6. The van der Waals surface area contributed by atoms with Gasteiger partial charge in [-0.05, 0) is 35.9 Å². The molecule has 3 aromatic rings. The van der Waals surface area contributed by atoms with E-state index in [-0.39, 0.29) is 24.7 Å². The first-order valence-electron chi connectivity index (χ1n) is 7.43. The lowest BCUT2D eigenvalue weighted by Gasteiger charge is -2.10. The number of furan rings is 1. The summed E-state index contributed by atoms with van der Waals surface area (Å²) in [6, 6.07) is 11.3. The molecule has 2 N–H and O–H groups in total. The number of halogens is 1. The highest BCUT2D eigenvalue weighted by Gasteiger charge is 2.14. The van der Waals surface area contributed by atoms with Crippen LogP contribution in [0.2, 0.25) is 0 Å². The van der Waals surface area contributed by atoms with E-state index in [1.807, 2.05) is 17.5 Å². The van der Waals surface area contributed by atoms with Crippen LogP contribution in [0.15, 0.2) is 58.5 Å². The lowest BCUT2D eigenvalue weighted by molar-refractivity contribution is -0.120. The molecule has 6 heteroatoms. The third kappa shape index (κ3) is 4.10. The summed E-state index contributed by atoms with van der Waals surface area (Å²) in [5.74, 6) is 0.188. The standard InChI is InChI=1S/C18H16FNO3S/c19-14-5-3-12(4-6-14)8-18(22)20-10-15(21)17-9-13(11-24-17)16-2-1-7-23-16/h1-7,9,11,15,21H,8,10H2,(H,20,22). The number of hydrogen-bond donors (Lipinski definition) is 2. The first kappa shape index (κ1) is 16.4. The number of hydrogen-bond acceptors (Lipinski definition) is 4. The molecule has 0 radical (unpaired) electrons. The Balaban J connectivity index is 1.52. The lowest BCUT2D eigenvalue weighted by atomic mass is 10.1. The maximum atomic E-state index is 12.8. The number of nitrogens with one attached hydrogen (secondary N) is 1. The lowest BCUT2D eigenvalue weighted by Crippen LogP contribution is -2.29. The second-order valence-corrected chi connectivity index (χ2v) is 6.28. The number of carbonyl (C=O) groups excluding carboxylic acids is 1. The molecule has 0 saturated carbocycles. The van der Waals surface area contributed by atoms with E-state index in [1.54, 1.807) is 24.5 Å². The molecular formula is C18H16FNO3S. The normalized spacial score (nSPS) is 12.1. The van der Waals surface area contributed by atoms with E-state index in [4.69, 9.17) is 4.42 Å². The summed E-state index contributed by atoms with van der Waals surface area (Å²) in [6.07, 6.45) is 0.962. The predicted octanol–water partition coefficient (Wildman–Crippen LogP) is 3.54. The summed E-state index contributed by atoms with van der Waals surface area (Å²) < 4.78 is 18.1. The number of benzene rings is 1. The van der Waals surface area contributed by atoms with E-state index in [0.29, 0.717) is 0 Å². The third-order valence-corrected chi connectivity index (χ3v) is 4.56. The van der Waals surface area contributed by atoms with E-state index < -0.39 is 6.10 Å². The number of amides is 1. The molecule has 0 bridgehead atoms. The van der Waals surface area contributed by atoms with Gasteiger partial charge in [-0.2, -0.15) is 0 Å². The van der Waals surface area contributed by atoms with Crippen molar-refractivity contribution >= 4 is 17.2 Å². The van der Waals surface area contributed by atoms with E-state index in [9.17, 15) is 14.3 Å². The molecule has 0 aliphatic heterocycles. The van der Waals surface area contributed by atoms with Crippen molar-refractivity contribution in [3.63, 3.8) is 0 Å². The average Bonchev–Trinajstić information content (AvgIpc) is 3.25. The van der Waals surface area contributed by atoms with E-state index in [1.165, 1.54) is 23.5 Å². The Labute approximate surface area is 142 Å². The largest absolute Gasteiger partial charge is 0.464 e. The summed E-state index contributed by atoms with van der Waals surface area (Å²) in [5, 5.41) is 14.8. The van der Waals surface area contributed by atoms with Crippen molar-refractivity contribution in [2.75, 3.05) is 6.54 Å². The minimum absolute atomic E-state index is 0.123. The van der Waals surface area contributed by atoms with Gasteiger partial charge in [-0.1, -0.05) is 12.1 Å². The number of thiophene rings is 1. The van der Waals surface area contributed by atoms with Crippen LogP contribution in [0.25, 0.3) is 11.3 Å². The highest BCUT2D eigenvalue weighted by Crippen LogP contribution is 2.29. The zero-order valence-corrected chi connectivity index (χ0v) is 13.6. The molecule has 1 unspecified atom stereocenters. The molecule has 3 rings (SSSR count). The molecule has 124 valence electrons. The second kappa shape index (κ2) is 7.42. The van der Waals surface area contributed by atoms with Crippen molar-refractivity contribution in [3.05, 3.63) is 70.4 Å². The molecule has 1 amide bonds. The van der Waals surface area contributed by atoms with Crippen LogP contribution >= 0.6 is 11.3 Å². The summed E-state index contributed by atoms with van der Waals surface area (Å²) in [6.45, 7) is 0.123. The van der Waals surface area contributed by atoms with Crippen LogP contribution in [0, 0.1) is 5.82 Å². The molecule has 0 aliphatic carbocycles. The Bertz CT molecular complexity index is 796. The van der Waals surface area contributed by atoms with Crippen LogP contribution in [0.3, 0.4) is 0 Å². The molecule has 2 aromatic heterocycles. The van der Waals surface area contributed by atoms with Crippen molar-refractivity contribution in [2.45, 2.75) is 12.5 Å². The zero-order valence-electron chi connectivity index (χ0n) is 12.7. The van der Waals surface area contributed by atoms with Crippen LogP contribution < -0.4 is 5.32 Å². The SMILES string of the molecule is O=C(Cc1ccc(F)cc1)NCC(O)c1cc(-c2ccco2)cs1. The molecule has 0 fully saturated rings. The highest BCUT2D eigenvalue weighted by atomic mass is 32.1. The number of aliphatic hydroxyl groups is 1. The summed E-state index contributed by atoms with van der Waals surface area (Å²) in [4.78, 5) is 12.7. The van der Waals surface area contributed by atoms with Crippen LogP contribution in [0.4, 0.5) is 4.39 Å². The summed E-state index contributed by atoms with van der Waals surface area (Å²) in [7, 11) is 0. The maximum Gasteiger partial charge on any atom is 0.224 e. The van der Waals surface area contributed by atoms with Crippen molar-refractivity contribution in [3.8, 4) is 11.3 Å². The molecule has 1 aromatic carbocycles. The van der Waals surface area contributed by atoms with Gasteiger partial charge < -0.3 is 14.8 Å². The van der Waals surface area contributed by atoms with Gasteiger partial charge in [0.15, 0.2) is 0 Å². The van der Waals surface area contributed by atoms with E-state index >= 15 is 0 Å². The van der Waals surface area contributed by atoms with Crippen LogP contribution in [0.5, 0.6) is 0 Å². The third-order valence-electron chi connectivity index (χ3n) is 3.52. The van der Waals surface area contributed by atoms with Gasteiger partial charge in [-0.15, -0.1) is 11.3 Å². The van der Waals surface area contributed by atoms with Gasteiger partial charge >= 0.3 is 0 Å². The van der Waals surface area contributed by atoms with E-state index in [0.717, 1.165) is 21.8 Å². The molecule has 0 aliphatic rings. The van der Waals surface area contributed by atoms with Crippen LogP contribution in [0.1, 0.15) is 16.5 Å². The topological polar surface area (TPSA) is 62.5 Å². The molecule has 24 heavy (non-hydrogen) atoms. The van der Waals surface area contributed by atoms with Gasteiger partial charge in [0.1, 0.15) is 17.7 Å². The molecular weight excluding hydrogens is 329 g/mol. The first-order valence-corrected chi connectivity index (χ1v) is 8.31. The predicted molar refractivity (Wildman–Crippen MR) is 90.1 cm³/mol. The highest BCUT2D eigenvalue weighted by molar-refractivity contribution is 7.10. The Hall–Kier alpha value is -2.44. The maximum absolute atomic E-state index is 12.8. The monoisotopic (exact) mass is 345 g/mol. The Morgan fingerprint density at radius 1 is 1.29 bits per heavy atom. The molecule has 4 nitrogen and oxygen atoms in total. The van der Waals surface area contributed by atoms with Crippen molar-refractivity contribution < 1.29 is 18.7 Å². The summed E-state index contributed by atoms with van der Waals surface area (Å²) in [5.41, 5.74) is 1.62. The van der Waals surface area contributed by atoms with Crippen molar-refractivity contribution in [1.29, 1.82) is 0 Å². The van der Waals surface area contributed by atoms with Gasteiger partial charge in [-0.3, -0.25) is 4.79 Å². The minimum Gasteiger partial charge on any atom is -0.464 e. The quantitative estimate of drug-likeness (QED) is 0.718. The molecule has 2 heterocycles. The molecule has 0 saturated heterocycles. The smallest absolute Gasteiger partial charge is 0.224 e. The van der Waals surface area contributed by atoms with Gasteiger partial charge in [-0.25, -0.2) is 4.39 Å². The zero-order chi connectivity index (χ0) is 16.9. The van der Waals surface area contributed by atoms with Crippen LogP contribution in [-0.4, -0.2) is 17.6 Å².